The number of piperazine rings is 1. The van der Waals surface area contributed by atoms with Crippen molar-refractivity contribution in [3.05, 3.63) is 35.4 Å². The Morgan fingerprint density at radius 1 is 1.00 bits per heavy atom. The maximum atomic E-state index is 2.70. The van der Waals surface area contributed by atoms with Crippen molar-refractivity contribution in [3.63, 3.8) is 0 Å². The number of nitrogens with zero attached hydrogens (tertiary/aromatic N) is 2. The third-order valence-corrected chi connectivity index (χ3v) is 4.98. The molecule has 0 bridgehead atoms. The van der Waals surface area contributed by atoms with Crippen molar-refractivity contribution in [1.82, 2.24) is 9.80 Å². The number of rotatable bonds is 3. The van der Waals surface area contributed by atoms with Crippen LogP contribution in [0.5, 0.6) is 0 Å². The molecule has 1 aliphatic rings. The average Bonchev–Trinajstić information content (AvgIpc) is 2.45. The van der Waals surface area contributed by atoms with Crippen molar-refractivity contribution in [1.29, 1.82) is 0 Å². The summed E-state index contributed by atoms with van der Waals surface area (Å²) in [4.78, 5) is 5.33. The Bertz CT molecular complexity index is 485. The minimum Gasteiger partial charge on any atom is -0.298 e. The normalized spacial score (nSPS) is 21.8. The molecule has 1 aromatic carbocycles. The van der Waals surface area contributed by atoms with Crippen LogP contribution >= 0.6 is 0 Å². The molecule has 1 aromatic rings. The van der Waals surface area contributed by atoms with Gasteiger partial charge in [-0.1, -0.05) is 38.1 Å². The largest absolute Gasteiger partial charge is 0.298 e. The van der Waals surface area contributed by atoms with E-state index in [0.717, 1.165) is 13.1 Å². The van der Waals surface area contributed by atoms with Gasteiger partial charge >= 0.3 is 0 Å². The fraction of sp³-hybridized carbons (Fsp3) is 0.700. The first-order valence-electron chi connectivity index (χ1n) is 8.81. The summed E-state index contributed by atoms with van der Waals surface area (Å²) >= 11 is 0. The van der Waals surface area contributed by atoms with Crippen molar-refractivity contribution >= 4 is 0 Å². The molecule has 0 N–H and O–H groups in total. The lowest BCUT2D eigenvalue weighted by Gasteiger charge is -2.49. The van der Waals surface area contributed by atoms with E-state index >= 15 is 0 Å². The second kappa shape index (κ2) is 6.72. The van der Waals surface area contributed by atoms with Crippen LogP contribution in [0, 0.1) is 0 Å². The van der Waals surface area contributed by atoms with Crippen LogP contribution in [0.15, 0.2) is 24.3 Å². The first-order valence-corrected chi connectivity index (χ1v) is 8.81. The fourth-order valence-corrected chi connectivity index (χ4v) is 3.68. The first kappa shape index (κ1) is 17.5. The Morgan fingerprint density at radius 2 is 1.64 bits per heavy atom. The SMILES string of the molecule is CC(C)c1ccccc1C1CN(C(C)C)CCN1C(C)(C)C. The highest BCUT2D eigenvalue weighted by molar-refractivity contribution is 5.33. The van der Waals surface area contributed by atoms with E-state index in [4.69, 9.17) is 0 Å². The van der Waals surface area contributed by atoms with E-state index in [0.29, 0.717) is 18.0 Å². The standard InChI is InChI=1S/C20H34N2/c1-15(2)17-10-8-9-11-18(17)19-14-21(16(3)4)12-13-22(19)20(5,6)7/h8-11,15-16,19H,12-14H2,1-7H3. The van der Waals surface area contributed by atoms with Crippen molar-refractivity contribution in [2.75, 3.05) is 19.6 Å². The Hall–Kier alpha value is -0.860. The van der Waals surface area contributed by atoms with Crippen LogP contribution in [0.2, 0.25) is 0 Å². The van der Waals surface area contributed by atoms with Gasteiger partial charge in [0, 0.05) is 37.3 Å². The molecule has 1 fully saturated rings. The Kier molecular flexibility index (Phi) is 5.34. The van der Waals surface area contributed by atoms with Gasteiger partial charge in [0.1, 0.15) is 0 Å². The second-order valence-corrected chi connectivity index (χ2v) is 8.25. The van der Waals surface area contributed by atoms with Crippen LogP contribution in [-0.4, -0.2) is 41.0 Å². The fourth-order valence-electron chi connectivity index (χ4n) is 3.68. The van der Waals surface area contributed by atoms with Gasteiger partial charge in [-0.2, -0.15) is 0 Å². The molecule has 0 aliphatic carbocycles. The topological polar surface area (TPSA) is 6.48 Å². The number of benzene rings is 1. The molecule has 1 saturated heterocycles. The van der Waals surface area contributed by atoms with E-state index < -0.39 is 0 Å². The van der Waals surface area contributed by atoms with Gasteiger partial charge in [0.2, 0.25) is 0 Å². The third-order valence-electron chi connectivity index (χ3n) is 4.98. The molecule has 0 amide bonds. The molecule has 124 valence electrons. The zero-order valence-electron chi connectivity index (χ0n) is 15.6. The van der Waals surface area contributed by atoms with Gasteiger partial charge in [-0.15, -0.1) is 0 Å². The molecular weight excluding hydrogens is 268 g/mol. The zero-order valence-corrected chi connectivity index (χ0v) is 15.6. The molecule has 2 rings (SSSR count). The quantitative estimate of drug-likeness (QED) is 0.800. The monoisotopic (exact) mass is 302 g/mol. The van der Waals surface area contributed by atoms with Gasteiger partial charge < -0.3 is 0 Å². The lowest BCUT2D eigenvalue weighted by molar-refractivity contribution is -0.00219. The van der Waals surface area contributed by atoms with E-state index in [9.17, 15) is 0 Å². The van der Waals surface area contributed by atoms with E-state index in [-0.39, 0.29) is 5.54 Å². The van der Waals surface area contributed by atoms with Crippen LogP contribution in [0.25, 0.3) is 0 Å². The van der Waals surface area contributed by atoms with Gasteiger partial charge in [-0.25, -0.2) is 0 Å². The highest BCUT2D eigenvalue weighted by Gasteiger charge is 2.36. The molecule has 1 unspecified atom stereocenters. The molecule has 2 nitrogen and oxygen atoms in total. The summed E-state index contributed by atoms with van der Waals surface area (Å²) in [5, 5.41) is 0. The molecule has 0 saturated carbocycles. The van der Waals surface area contributed by atoms with Crippen molar-refractivity contribution < 1.29 is 0 Å². The van der Waals surface area contributed by atoms with E-state index in [1.165, 1.54) is 17.7 Å². The molecule has 1 atom stereocenters. The molecule has 0 spiro atoms. The minimum atomic E-state index is 0.206. The summed E-state index contributed by atoms with van der Waals surface area (Å²) in [6, 6.07) is 10.2. The summed E-state index contributed by atoms with van der Waals surface area (Å²) in [5.74, 6) is 0.576. The lowest BCUT2D eigenvalue weighted by atomic mass is 9.88. The molecule has 1 aliphatic heterocycles. The van der Waals surface area contributed by atoms with E-state index in [2.05, 4.69) is 82.5 Å². The van der Waals surface area contributed by atoms with Crippen molar-refractivity contribution in [3.8, 4) is 0 Å². The van der Waals surface area contributed by atoms with Gasteiger partial charge in [0.15, 0.2) is 0 Å². The highest BCUT2D eigenvalue weighted by Crippen LogP contribution is 2.35. The van der Waals surface area contributed by atoms with Crippen molar-refractivity contribution in [2.24, 2.45) is 0 Å². The Labute approximate surface area is 137 Å². The van der Waals surface area contributed by atoms with Crippen molar-refractivity contribution in [2.45, 2.75) is 72.0 Å². The molecule has 22 heavy (non-hydrogen) atoms. The summed E-state index contributed by atoms with van der Waals surface area (Å²) in [5.41, 5.74) is 3.24. The zero-order chi connectivity index (χ0) is 16.5. The highest BCUT2D eigenvalue weighted by atomic mass is 15.3. The Morgan fingerprint density at radius 3 is 2.18 bits per heavy atom. The number of hydrogen-bond donors (Lipinski definition) is 0. The smallest absolute Gasteiger partial charge is 0.0483 e. The minimum absolute atomic E-state index is 0.206. The maximum absolute atomic E-state index is 2.70. The molecule has 1 heterocycles. The summed E-state index contributed by atoms with van der Waals surface area (Å²) in [7, 11) is 0. The molecule has 0 radical (unpaired) electrons. The van der Waals surface area contributed by atoms with Gasteiger partial charge in [-0.3, -0.25) is 9.80 Å². The van der Waals surface area contributed by atoms with Gasteiger partial charge in [0.25, 0.3) is 0 Å². The predicted molar refractivity (Wildman–Crippen MR) is 96.4 cm³/mol. The summed E-state index contributed by atoms with van der Waals surface area (Å²) < 4.78 is 0. The van der Waals surface area contributed by atoms with E-state index in [1.807, 2.05) is 0 Å². The molecular formula is C20H34N2. The van der Waals surface area contributed by atoms with Crippen LogP contribution in [0.1, 0.15) is 71.6 Å². The Balaban J connectivity index is 2.41. The van der Waals surface area contributed by atoms with Gasteiger partial charge in [-0.05, 0) is 51.7 Å². The summed E-state index contributed by atoms with van der Waals surface area (Å²) in [6.45, 7) is 19.8. The second-order valence-electron chi connectivity index (χ2n) is 8.25. The number of hydrogen-bond acceptors (Lipinski definition) is 2. The third kappa shape index (κ3) is 3.72. The maximum Gasteiger partial charge on any atom is 0.0483 e. The van der Waals surface area contributed by atoms with Crippen LogP contribution < -0.4 is 0 Å². The van der Waals surface area contributed by atoms with Crippen LogP contribution in [0.3, 0.4) is 0 Å². The van der Waals surface area contributed by atoms with Crippen LogP contribution in [-0.2, 0) is 0 Å². The first-order chi connectivity index (χ1) is 10.2. The van der Waals surface area contributed by atoms with Crippen LogP contribution in [0.4, 0.5) is 0 Å². The predicted octanol–water partition coefficient (Wildman–Crippen LogP) is 4.68. The average molecular weight is 303 g/mol. The molecule has 2 heteroatoms. The van der Waals surface area contributed by atoms with Gasteiger partial charge in [0.05, 0.1) is 0 Å². The van der Waals surface area contributed by atoms with E-state index in [1.54, 1.807) is 0 Å². The molecule has 0 aromatic heterocycles. The summed E-state index contributed by atoms with van der Waals surface area (Å²) in [6.07, 6.45) is 0. The lowest BCUT2D eigenvalue weighted by Crippen LogP contribution is -2.56.